The van der Waals surface area contributed by atoms with E-state index in [2.05, 4.69) is 15.2 Å². The monoisotopic (exact) mass is 251 g/mol. The predicted molar refractivity (Wildman–Crippen MR) is 64.2 cm³/mol. The van der Waals surface area contributed by atoms with Crippen LogP contribution in [0.5, 0.6) is 5.88 Å². The third-order valence-electron chi connectivity index (χ3n) is 2.92. The van der Waals surface area contributed by atoms with Gasteiger partial charge in [0, 0.05) is 20.5 Å². The molecule has 2 heterocycles. The van der Waals surface area contributed by atoms with Gasteiger partial charge in [0.1, 0.15) is 12.2 Å². The first-order chi connectivity index (χ1) is 8.54. The van der Waals surface area contributed by atoms with Crippen molar-refractivity contribution in [1.29, 1.82) is 0 Å². The molecule has 1 atom stereocenters. The average molecular weight is 251 g/mol. The maximum atomic E-state index is 10.3. The highest BCUT2D eigenvalue weighted by Crippen LogP contribution is 2.29. The lowest BCUT2D eigenvalue weighted by atomic mass is 10.1. The Bertz CT molecular complexity index is 546. The minimum Gasteiger partial charge on any atom is -0.481 e. The summed E-state index contributed by atoms with van der Waals surface area (Å²) in [5, 5.41) is 18.5. The fourth-order valence-corrected chi connectivity index (χ4v) is 2.06. The maximum absolute atomic E-state index is 10.3. The number of ether oxygens (including phenoxy) is 1. The second-order valence-electron chi connectivity index (χ2n) is 4.15. The summed E-state index contributed by atoms with van der Waals surface area (Å²) in [7, 11) is 5.14. The van der Waals surface area contributed by atoms with Crippen LogP contribution in [-0.4, -0.2) is 36.8 Å². The zero-order valence-corrected chi connectivity index (χ0v) is 11.0. The van der Waals surface area contributed by atoms with Crippen molar-refractivity contribution in [2.24, 2.45) is 14.1 Å². The van der Waals surface area contributed by atoms with Gasteiger partial charge in [-0.1, -0.05) is 0 Å². The number of nitrogens with zero attached hydrogens (tertiary/aromatic N) is 5. The molecule has 0 saturated heterocycles. The second kappa shape index (κ2) is 4.77. The first-order valence-corrected chi connectivity index (χ1v) is 5.63. The van der Waals surface area contributed by atoms with Crippen LogP contribution in [0.4, 0.5) is 0 Å². The van der Waals surface area contributed by atoms with Gasteiger partial charge in [-0.3, -0.25) is 4.68 Å². The number of hydrogen-bond acceptors (Lipinski definition) is 5. The highest BCUT2D eigenvalue weighted by Gasteiger charge is 2.23. The summed E-state index contributed by atoms with van der Waals surface area (Å²) in [6.07, 6.45) is 1.13. The minimum atomic E-state index is -0.712. The number of aryl methyl sites for hydroxylation is 3. The molecule has 0 aliphatic rings. The Morgan fingerprint density at radius 2 is 2.11 bits per heavy atom. The molecule has 0 amide bonds. The first kappa shape index (κ1) is 12.6. The summed E-state index contributed by atoms with van der Waals surface area (Å²) in [6.45, 7) is 1.84. The summed E-state index contributed by atoms with van der Waals surface area (Å²) in [6, 6.07) is 0. The van der Waals surface area contributed by atoms with E-state index in [1.54, 1.807) is 30.6 Å². The van der Waals surface area contributed by atoms with Crippen LogP contribution in [0.3, 0.4) is 0 Å². The Morgan fingerprint density at radius 1 is 1.39 bits per heavy atom. The summed E-state index contributed by atoms with van der Waals surface area (Å²) < 4.78 is 8.52. The number of aliphatic hydroxyl groups excluding tert-OH is 1. The van der Waals surface area contributed by atoms with Crippen molar-refractivity contribution < 1.29 is 9.84 Å². The lowest BCUT2D eigenvalue weighted by molar-refractivity contribution is 0.169. The molecule has 0 fully saturated rings. The Labute approximate surface area is 105 Å². The Hall–Kier alpha value is -1.89. The molecule has 0 spiro atoms. The molecule has 1 N–H and O–H groups in total. The summed E-state index contributed by atoms with van der Waals surface area (Å²) >= 11 is 0. The highest BCUT2D eigenvalue weighted by atomic mass is 16.5. The topological polar surface area (TPSA) is 78.0 Å². The van der Waals surface area contributed by atoms with Gasteiger partial charge >= 0.3 is 0 Å². The largest absolute Gasteiger partial charge is 0.481 e. The van der Waals surface area contributed by atoms with E-state index in [-0.39, 0.29) is 0 Å². The SMILES string of the molecule is COc1c(C(O)Cc2ncnn2C)c(C)nn1C. The van der Waals surface area contributed by atoms with Gasteiger partial charge in [-0.25, -0.2) is 9.67 Å². The molecule has 0 aliphatic heterocycles. The van der Waals surface area contributed by atoms with Gasteiger partial charge in [0.2, 0.25) is 5.88 Å². The summed E-state index contributed by atoms with van der Waals surface area (Å²) in [5.74, 6) is 1.29. The molecule has 0 aliphatic carbocycles. The van der Waals surface area contributed by atoms with Gasteiger partial charge in [0.15, 0.2) is 0 Å². The summed E-state index contributed by atoms with van der Waals surface area (Å²) in [5.41, 5.74) is 1.45. The zero-order chi connectivity index (χ0) is 13.3. The van der Waals surface area contributed by atoms with Crippen molar-refractivity contribution in [3.8, 4) is 5.88 Å². The smallest absolute Gasteiger partial charge is 0.217 e. The molecule has 18 heavy (non-hydrogen) atoms. The van der Waals surface area contributed by atoms with E-state index >= 15 is 0 Å². The minimum absolute atomic E-state index is 0.374. The fraction of sp³-hybridized carbons (Fsp3) is 0.545. The van der Waals surface area contributed by atoms with Crippen LogP contribution in [0.2, 0.25) is 0 Å². The van der Waals surface area contributed by atoms with E-state index in [0.717, 1.165) is 5.69 Å². The molecule has 7 heteroatoms. The molecule has 0 bridgehead atoms. The van der Waals surface area contributed by atoms with Gasteiger partial charge in [-0.2, -0.15) is 10.2 Å². The normalized spacial score (nSPS) is 12.7. The van der Waals surface area contributed by atoms with Crippen molar-refractivity contribution in [2.45, 2.75) is 19.4 Å². The molecule has 0 aromatic carbocycles. The molecule has 2 aromatic rings. The van der Waals surface area contributed by atoms with Gasteiger partial charge < -0.3 is 9.84 Å². The zero-order valence-electron chi connectivity index (χ0n) is 11.0. The van der Waals surface area contributed by atoms with E-state index in [9.17, 15) is 5.11 Å². The van der Waals surface area contributed by atoms with Crippen molar-refractivity contribution >= 4 is 0 Å². The number of aromatic nitrogens is 5. The van der Waals surface area contributed by atoms with Crippen molar-refractivity contribution in [2.75, 3.05) is 7.11 Å². The fourth-order valence-electron chi connectivity index (χ4n) is 2.06. The standard InChI is InChI=1S/C11H17N5O2/c1-7-10(11(18-4)16(3)14-7)8(17)5-9-12-6-13-15(9)2/h6,8,17H,5H2,1-4H3. The quantitative estimate of drug-likeness (QED) is 0.836. The lowest BCUT2D eigenvalue weighted by Crippen LogP contribution is -2.09. The number of hydrogen-bond donors (Lipinski definition) is 1. The van der Waals surface area contributed by atoms with Gasteiger partial charge in [-0.15, -0.1) is 0 Å². The van der Waals surface area contributed by atoms with Gasteiger partial charge in [0.25, 0.3) is 0 Å². The van der Waals surface area contributed by atoms with Gasteiger partial charge in [0.05, 0.1) is 24.5 Å². The van der Waals surface area contributed by atoms with Crippen LogP contribution >= 0.6 is 0 Å². The van der Waals surface area contributed by atoms with E-state index in [1.807, 2.05) is 6.92 Å². The second-order valence-corrected chi connectivity index (χ2v) is 4.15. The van der Waals surface area contributed by atoms with Crippen LogP contribution < -0.4 is 4.74 Å². The Morgan fingerprint density at radius 3 is 2.67 bits per heavy atom. The predicted octanol–water partition coefficient (Wildman–Crippen LogP) is 0.142. The van der Waals surface area contributed by atoms with Crippen LogP contribution in [0.1, 0.15) is 23.2 Å². The Balaban J connectivity index is 2.29. The van der Waals surface area contributed by atoms with E-state index < -0.39 is 6.10 Å². The molecule has 1 unspecified atom stereocenters. The van der Waals surface area contributed by atoms with Crippen LogP contribution in [0, 0.1) is 6.92 Å². The van der Waals surface area contributed by atoms with Crippen LogP contribution in [-0.2, 0) is 20.5 Å². The molecule has 2 aromatic heterocycles. The third-order valence-corrected chi connectivity index (χ3v) is 2.92. The molecule has 7 nitrogen and oxygen atoms in total. The number of rotatable bonds is 4. The van der Waals surface area contributed by atoms with E-state index in [1.165, 1.54) is 6.33 Å². The maximum Gasteiger partial charge on any atom is 0.217 e. The van der Waals surface area contributed by atoms with Crippen molar-refractivity contribution in [3.63, 3.8) is 0 Å². The molecule has 98 valence electrons. The molecule has 2 rings (SSSR count). The number of methoxy groups -OCH3 is 1. The molecule has 0 radical (unpaired) electrons. The van der Waals surface area contributed by atoms with E-state index in [4.69, 9.17) is 4.74 Å². The third kappa shape index (κ3) is 2.08. The number of aliphatic hydroxyl groups is 1. The average Bonchev–Trinajstić information content (AvgIpc) is 2.82. The molecule has 0 saturated carbocycles. The lowest BCUT2D eigenvalue weighted by Gasteiger charge is -2.11. The highest BCUT2D eigenvalue weighted by molar-refractivity contribution is 5.33. The molecular formula is C11H17N5O2. The van der Waals surface area contributed by atoms with Crippen LogP contribution in [0.25, 0.3) is 0 Å². The van der Waals surface area contributed by atoms with Crippen molar-refractivity contribution in [1.82, 2.24) is 24.5 Å². The first-order valence-electron chi connectivity index (χ1n) is 5.63. The van der Waals surface area contributed by atoms with Crippen LogP contribution in [0.15, 0.2) is 6.33 Å². The summed E-state index contributed by atoms with van der Waals surface area (Å²) in [4.78, 5) is 4.10. The Kier molecular flexibility index (Phi) is 3.33. The van der Waals surface area contributed by atoms with Gasteiger partial charge in [-0.05, 0) is 6.92 Å². The van der Waals surface area contributed by atoms with E-state index in [0.29, 0.717) is 23.7 Å². The molecular weight excluding hydrogens is 234 g/mol. The van der Waals surface area contributed by atoms with Crippen molar-refractivity contribution in [3.05, 3.63) is 23.4 Å².